The summed E-state index contributed by atoms with van der Waals surface area (Å²) in [4.78, 5) is 28.8. The summed E-state index contributed by atoms with van der Waals surface area (Å²) < 4.78 is 21.1. The highest BCUT2D eigenvalue weighted by atomic mass is 19.1. The van der Waals surface area contributed by atoms with E-state index in [1.165, 1.54) is 0 Å². The van der Waals surface area contributed by atoms with E-state index in [9.17, 15) is 9.18 Å². The zero-order valence-electron chi connectivity index (χ0n) is 21.5. The van der Waals surface area contributed by atoms with Crippen molar-refractivity contribution >= 4 is 40.9 Å². The van der Waals surface area contributed by atoms with Crippen LogP contribution in [0.25, 0.3) is 33.4 Å². The van der Waals surface area contributed by atoms with Crippen LogP contribution in [0.15, 0.2) is 83.5 Å². The van der Waals surface area contributed by atoms with E-state index in [1.807, 2.05) is 48.9 Å². The number of ether oxygens (including phenoxy) is 1. The number of nitrogens with one attached hydrogen (secondary N) is 2. The predicted molar refractivity (Wildman–Crippen MR) is 153 cm³/mol. The minimum atomic E-state index is -1.05. The van der Waals surface area contributed by atoms with Gasteiger partial charge in [-0.25, -0.2) is 14.4 Å². The number of hydrogen-bond donors (Lipinski definition) is 2. The number of benzene rings is 2. The highest BCUT2D eigenvalue weighted by Gasteiger charge is 2.26. The van der Waals surface area contributed by atoms with Crippen molar-refractivity contribution in [1.29, 1.82) is 0 Å². The molecule has 0 atom stereocenters. The van der Waals surface area contributed by atoms with Gasteiger partial charge < -0.3 is 19.9 Å². The molecule has 2 N–H and O–H groups in total. The molecule has 1 amide bonds. The predicted octanol–water partition coefficient (Wildman–Crippen LogP) is 5.66. The number of carbonyl (C=O) groups excluding carboxylic acids is 1. The van der Waals surface area contributed by atoms with Gasteiger partial charge in [0.05, 0.1) is 11.1 Å². The summed E-state index contributed by atoms with van der Waals surface area (Å²) in [5.74, 6) is -0.485. The summed E-state index contributed by atoms with van der Waals surface area (Å²) in [6.07, 6.45) is 4.88. The Hall–Kier alpha value is -5.12. The Morgan fingerprint density at radius 2 is 2.05 bits per heavy atom. The van der Waals surface area contributed by atoms with Crippen molar-refractivity contribution in [2.45, 2.75) is 13.5 Å². The Morgan fingerprint density at radius 1 is 1.26 bits per heavy atom. The van der Waals surface area contributed by atoms with Gasteiger partial charge in [0.25, 0.3) is 5.91 Å². The van der Waals surface area contributed by atoms with Gasteiger partial charge >= 0.3 is 0 Å². The number of allylic oxidation sites excluding steroid dienone is 1. The largest absolute Gasteiger partial charge is 0.471 e. The van der Waals surface area contributed by atoms with Gasteiger partial charge in [-0.15, -0.1) is 0 Å². The molecule has 1 aliphatic heterocycles. The van der Waals surface area contributed by atoms with E-state index in [2.05, 4.69) is 43.9 Å². The number of amides is 1. The van der Waals surface area contributed by atoms with Crippen LogP contribution >= 0.6 is 0 Å². The number of aliphatic imine (C=N–C) groups is 2. The highest BCUT2D eigenvalue weighted by Crippen LogP contribution is 2.45. The first kappa shape index (κ1) is 25.5. The van der Waals surface area contributed by atoms with Crippen LogP contribution in [0, 0.1) is 0 Å². The van der Waals surface area contributed by atoms with Crippen LogP contribution in [0.4, 0.5) is 15.9 Å². The van der Waals surface area contributed by atoms with Gasteiger partial charge in [-0.3, -0.25) is 14.8 Å². The molecule has 0 unspecified atom stereocenters. The fourth-order valence-corrected chi connectivity index (χ4v) is 4.55. The summed E-state index contributed by atoms with van der Waals surface area (Å²) in [7, 11) is 1.95. The maximum atomic E-state index is 13.1. The van der Waals surface area contributed by atoms with Crippen LogP contribution in [0.1, 0.15) is 12.5 Å². The smallest absolute Gasteiger partial charge is 0.283 e. The Bertz CT molecular complexity index is 1670. The molecule has 10 heteroatoms. The fourth-order valence-electron chi connectivity index (χ4n) is 4.55. The number of hydrogen-bond acceptors (Lipinski definition) is 7. The lowest BCUT2D eigenvalue weighted by Gasteiger charge is -2.14. The first-order valence-electron chi connectivity index (χ1n) is 12.1. The first-order valence-corrected chi connectivity index (χ1v) is 12.1. The third kappa shape index (κ3) is 5.04. The first-order chi connectivity index (χ1) is 18.9. The minimum absolute atomic E-state index is 0.171. The zero-order valence-corrected chi connectivity index (χ0v) is 21.5. The molecule has 0 aliphatic carbocycles. The molecule has 5 rings (SSSR count). The molecule has 196 valence electrons. The van der Waals surface area contributed by atoms with Gasteiger partial charge in [0.2, 0.25) is 0 Å². The summed E-state index contributed by atoms with van der Waals surface area (Å²) in [6.45, 7) is 9.04. The zero-order chi connectivity index (χ0) is 27.5. The number of carbonyl (C=O) groups is 1. The van der Waals surface area contributed by atoms with Crippen molar-refractivity contribution in [2.24, 2.45) is 17.0 Å². The van der Waals surface area contributed by atoms with E-state index in [4.69, 9.17) is 4.74 Å². The number of halogens is 1. The summed E-state index contributed by atoms with van der Waals surface area (Å²) >= 11 is 0. The van der Waals surface area contributed by atoms with Crippen molar-refractivity contribution in [1.82, 2.24) is 14.5 Å². The van der Waals surface area contributed by atoms with E-state index in [1.54, 1.807) is 30.7 Å². The molecular formula is C29H26FN7O2. The molecule has 0 saturated heterocycles. The van der Waals surface area contributed by atoms with Gasteiger partial charge in [-0.2, -0.15) is 0 Å². The van der Waals surface area contributed by atoms with E-state index < -0.39 is 11.7 Å². The SMILES string of the molecule is C=N/C=C\C(C)=NCOc1ccc2c(c1)CNc1ncnc3c1c-2c(-c1ccc(NC(=O)C(=C)F)cc1)n3C. The number of nitrogens with zero attached hydrogens (tertiary/aromatic N) is 5. The van der Waals surface area contributed by atoms with Crippen molar-refractivity contribution in [3.63, 3.8) is 0 Å². The topological polar surface area (TPSA) is 106 Å². The summed E-state index contributed by atoms with van der Waals surface area (Å²) in [5, 5.41) is 6.84. The molecule has 4 aromatic rings. The van der Waals surface area contributed by atoms with Crippen molar-refractivity contribution < 1.29 is 13.9 Å². The van der Waals surface area contributed by atoms with Crippen LogP contribution in [0.5, 0.6) is 5.75 Å². The molecule has 9 nitrogen and oxygen atoms in total. The minimum Gasteiger partial charge on any atom is -0.471 e. The molecule has 0 fully saturated rings. The lowest BCUT2D eigenvalue weighted by Crippen LogP contribution is -2.10. The Labute approximate surface area is 224 Å². The van der Waals surface area contributed by atoms with Crippen LogP contribution in [0.2, 0.25) is 0 Å². The van der Waals surface area contributed by atoms with Crippen molar-refractivity contribution in [3.05, 3.63) is 79.0 Å². The summed E-state index contributed by atoms with van der Waals surface area (Å²) in [6, 6.07) is 13.2. The second kappa shape index (κ2) is 10.7. The Kier molecular flexibility index (Phi) is 7.00. The third-order valence-electron chi connectivity index (χ3n) is 6.39. The van der Waals surface area contributed by atoms with Crippen LogP contribution in [0.3, 0.4) is 0 Å². The second-order valence-corrected chi connectivity index (χ2v) is 8.88. The number of aryl methyl sites for hydroxylation is 1. The maximum Gasteiger partial charge on any atom is 0.283 e. The average Bonchev–Trinajstić information content (AvgIpc) is 3.13. The van der Waals surface area contributed by atoms with Crippen LogP contribution in [-0.2, 0) is 18.4 Å². The molecule has 0 saturated carbocycles. The monoisotopic (exact) mass is 523 g/mol. The molecule has 39 heavy (non-hydrogen) atoms. The summed E-state index contributed by atoms with van der Waals surface area (Å²) in [5.41, 5.74) is 6.89. The lowest BCUT2D eigenvalue weighted by molar-refractivity contribution is -0.114. The van der Waals surface area contributed by atoms with Crippen LogP contribution in [-0.4, -0.2) is 39.6 Å². The highest BCUT2D eigenvalue weighted by molar-refractivity contribution is 6.09. The van der Waals surface area contributed by atoms with Gasteiger partial charge in [0.15, 0.2) is 12.6 Å². The molecule has 2 aromatic heterocycles. The van der Waals surface area contributed by atoms with E-state index in [-0.39, 0.29) is 6.73 Å². The molecule has 0 bridgehead atoms. The van der Waals surface area contributed by atoms with Gasteiger partial charge in [0, 0.05) is 36.8 Å². The van der Waals surface area contributed by atoms with Crippen molar-refractivity contribution in [2.75, 3.05) is 17.4 Å². The fraction of sp³-hybridized carbons (Fsp3) is 0.138. The van der Waals surface area contributed by atoms with E-state index in [0.717, 1.165) is 50.5 Å². The molecule has 3 heterocycles. The number of rotatable bonds is 8. The van der Waals surface area contributed by atoms with Crippen molar-refractivity contribution in [3.8, 4) is 28.1 Å². The van der Waals surface area contributed by atoms with E-state index >= 15 is 0 Å². The molecule has 2 aromatic carbocycles. The number of fused-ring (bicyclic) bond motifs is 2. The van der Waals surface area contributed by atoms with Gasteiger partial charge in [0.1, 0.15) is 23.5 Å². The quantitative estimate of drug-likeness (QED) is 0.229. The number of anilines is 2. The standard InChI is InChI=1S/C29H26FN7O2/c1-17(11-12-31-3)35-16-39-22-9-10-23-20(13-22)14-32-27-25-24(23)26(37(4)28(25)34-15-33-27)19-5-7-21(8-6-19)36-29(38)18(2)30/h5-13,15H,2-3,14,16H2,1,4H3,(H,36,38)(H,32,33,34)/b12-11-,35-17?. The maximum absolute atomic E-state index is 13.1. The molecule has 0 radical (unpaired) electrons. The number of aromatic nitrogens is 3. The van der Waals surface area contributed by atoms with E-state index in [0.29, 0.717) is 18.0 Å². The molecule has 1 aliphatic rings. The lowest BCUT2D eigenvalue weighted by atomic mass is 9.95. The molecule has 0 spiro atoms. The Balaban J connectivity index is 1.55. The normalized spacial score (nSPS) is 12.5. The third-order valence-corrected chi connectivity index (χ3v) is 6.39. The van der Waals surface area contributed by atoms with Gasteiger partial charge in [-0.1, -0.05) is 24.8 Å². The molecular weight excluding hydrogens is 497 g/mol. The average molecular weight is 524 g/mol. The van der Waals surface area contributed by atoms with Crippen LogP contribution < -0.4 is 15.4 Å². The second-order valence-electron chi connectivity index (χ2n) is 8.88. The Morgan fingerprint density at radius 3 is 2.79 bits per heavy atom. The van der Waals surface area contributed by atoms with Gasteiger partial charge in [-0.05, 0) is 60.7 Å².